The summed E-state index contributed by atoms with van der Waals surface area (Å²) in [6.45, 7) is 8.49. The molecule has 2 fully saturated rings. The molecular formula is C13H26N2O. The van der Waals surface area contributed by atoms with Gasteiger partial charge in [-0.05, 0) is 19.8 Å². The van der Waals surface area contributed by atoms with Crippen LogP contribution in [0.15, 0.2) is 0 Å². The van der Waals surface area contributed by atoms with Gasteiger partial charge in [-0.2, -0.15) is 0 Å². The predicted molar refractivity (Wildman–Crippen MR) is 66.8 cm³/mol. The van der Waals surface area contributed by atoms with Gasteiger partial charge in [-0.25, -0.2) is 0 Å². The van der Waals surface area contributed by atoms with Gasteiger partial charge in [-0.3, -0.25) is 4.90 Å². The lowest BCUT2D eigenvalue weighted by Crippen LogP contribution is -2.62. The fourth-order valence-corrected chi connectivity index (χ4v) is 3.26. The van der Waals surface area contributed by atoms with Crippen molar-refractivity contribution in [3.05, 3.63) is 0 Å². The molecule has 1 heterocycles. The predicted octanol–water partition coefficient (Wildman–Crippen LogP) is 1.63. The van der Waals surface area contributed by atoms with Crippen molar-refractivity contribution < 1.29 is 4.74 Å². The van der Waals surface area contributed by atoms with Crippen LogP contribution in [-0.4, -0.2) is 49.8 Å². The number of hydrogen-bond acceptors (Lipinski definition) is 3. The fraction of sp³-hybridized carbons (Fsp3) is 1.00. The third-order valence-corrected chi connectivity index (χ3v) is 4.18. The SMILES string of the molecule is CCOCCN1CCNCC12CCCCC2. The first kappa shape index (κ1) is 12.3. The van der Waals surface area contributed by atoms with Gasteiger partial charge in [0.05, 0.1) is 6.61 Å². The van der Waals surface area contributed by atoms with Gasteiger partial charge in [0.2, 0.25) is 0 Å². The molecule has 2 aliphatic rings. The highest BCUT2D eigenvalue weighted by Crippen LogP contribution is 2.34. The third kappa shape index (κ3) is 2.76. The molecule has 3 heteroatoms. The molecule has 1 aliphatic carbocycles. The molecule has 1 spiro atoms. The third-order valence-electron chi connectivity index (χ3n) is 4.18. The van der Waals surface area contributed by atoms with E-state index in [9.17, 15) is 0 Å². The summed E-state index contributed by atoms with van der Waals surface area (Å²) in [5.41, 5.74) is 0.466. The van der Waals surface area contributed by atoms with Crippen molar-refractivity contribution in [3.8, 4) is 0 Å². The van der Waals surface area contributed by atoms with Gasteiger partial charge in [0.15, 0.2) is 0 Å². The van der Waals surface area contributed by atoms with Crippen LogP contribution in [0.2, 0.25) is 0 Å². The highest BCUT2D eigenvalue weighted by molar-refractivity contribution is 4.97. The Labute approximate surface area is 99.5 Å². The Kier molecular flexibility index (Phi) is 4.62. The van der Waals surface area contributed by atoms with E-state index in [0.29, 0.717) is 5.54 Å². The molecule has 0 radical (unpaired) electrons. The van der Waals surface area contributed by atoms with Gasteiger partial charge in [0.25, 0.3) is 0 Å². The van der Waals surface area contributed by atoms with Crippen LogP contribution < -0.4 is 5.32 Å². The second-order valence-corrected chi connectivity index (χ2v) is 5.15. The molecule has 0 amide bonds. The maximum absolute atomic E-state index is 5.51. The molecule has 0 aromatic carbocycles. The molecule has 1 N–H and O–H groups in total. The van der Waals surface area contributed by atoms with E-state index in [-0.39, 0.29) is 0 Å². The lowest BCUT2D eigenvalue weighted by atomic mass is 9.79. The Hall–Kier alpha value is -0.120. The van der Waals surface area contributed by atoms with Gasteiger partial charge in [-0.1, -0.05) is 19.3 Å². The summed E-state index contributed by atoms with van der Waals surface area (Å²) in [6.07, 6.45) is 7.01. The average molecular weight is 226 g/mol. The summed E-state index contributed by atoms with van der Waals surface area (Å²) < 4.78 is 5.51. The number of nitrogens with zero attached hydrogens (tertiary/aromatic N) is 1. The molecule has 1 saturated carbocycles. The minimum Gasteiger partial charge on any atom is -0.380 e. The van der Waals surface area contributed by atoms with Gasteiger partial charge in [0.1, 0.15) is 0 Å². The zero-order chi connectivity index (χ0) is 11.3. The molecule has 1 aliphatic heterocycles. The molecule has 16 heavy (non-hydrogen) atoms. The number of rotatable bonds is 4. The maximum Gasteiger partial charge on any atom is 0.0593 e. The molecule has 0 aromatic heterocycles. The van der Waals surface area contributed by atoms with Crippen LogP contribution in [-0.2, 0) is 4.74 Å². The van der Waals surface area contributed by atoms with Crippen LogP contribution in [0.3, 0.4) is 0 Å². The van der Waals surface area contributed by atoms with Crippen molar-refractivity contribution in [1.29, 1.82) is 0 Å². The minimum absolute atomic E-state index is 0.466. The Balaban J connectivity index is 1.90. The minimum atomic E-state index is 0.466. The van der Waals surface area contributed by atoms with E-state index in [1.54, 1.807) is 0 Å². The van der Waals surface area contributed by atoms with Gasteiger partial charge < -0.3 is 10.1 Å². The van der Waals surface area contributed by atoms with E-state index < -0.39 is 0 Å². The summed E-state index contributed by atoms with van der Waals surface area (Å²) in [5.74, 6) is 0. The van der Waals surface area contributed by atoms with Crippen LogP contribution in [0.25, 0.3) is 0 Å². The summed E-state index contributed by atoms with van der Waals surface area (Å²) >= 11 is 0. The van der Waals surface area contributed by atoms with E-state index >= 15 is 0 Å². The van der Waals surface area contributed by atoms with E-state index in [1.807, 2.05) is 0 Å². The molecule has 0 bridgehead atoms. The largest absolute Gasteiger partial charge is 0.380 e. The van der Waals surface area contributed by atoms with E-state index in [2.05, 4.69) is 17.1 Å². The van der Waals surface area contributed by atoms with E-state index in [1.165, 1.54) is 45.2 Å². The first-order chi connectivity index (χ1) is 7.87. The molecular weight excluding hydrogens is 200 g/mol. The van der Waals surface area contributed by atoms with Crippen molar-refractivity contribution in [1.82, 2.24) is 10.2 Å². The Morgan fingerprint density at radius 2 is 2.06 bits per heavy atom. The molecule has 0 atom stereocenters. The standard InChI is InChI=1S/C13H26N2O/c1-2-16-11-10-15-9-8-14-12-13(15)6-4-3-5-7-13/h14H,2-12H2,1H3. The van der Waals surface area contributed by atoms with Gasteiger partial charge in [0, 0.05) is 38.3 Å². The van der Waals surface area contributed by atoms with Crippen molar-refractivity contribution >= 4 is 0 Å². The van der Waals surface area contributed by atoms with Gasteiger partial charge in [-0.15, -0.1) is 0 Å². The zero-order valence-corrected chi connectivity index (χ0v) is 10.6. The molecule has 94 valence electrons. The Bertz CT molecular complexity index is 194. The Morgan fingerprint density at radius 3 is 2.81 bits per heavy atom. The first-order valence-electron chi connectivity index (χ1n) is 6.91. The number of hydrogen-bond donors (Lipinski definition) is 1. The fourth-order valence-electron chi connectivity index (χ4n) is 3.26. The van der Waals surface area contributed by atoms with Crippen LogP contribution in [0.4, 0.5) is 0 Å². The van der Waals surface area contributed by atoms with E-state index in [0.717, 1.165) is 26.3 Å². The second-order valence-electron chi connectivity index (χ2n) is 5.15. The summed E-state index contributed by atoms with van der Waals surface area (Å²) in [5, 5.41) is 3.58. The van der Waals surface area contributed by atoms with Crippen LogP contribution in [0, 0.1) is 0 Å². The molecule has 1 saturated heterocycles. The van der Waals surface area contributed by atoms with Crippen LogP contribution in [0.5, 0.6) is 0 Å². The molecule has 2 rings (SSSR count). The second kappa shape index (κ2) is 5.99. The first-order valence-corrected chi connectivity index (χ1v) is 6.91. The smallest absolute Gasteiger partial charge is 0.0593 e. The summed E-state index contributed by atoms with van der Waals surface area (Å²) in [7, 11) is 0. The summed E-state index contributed by atoms with van der Waals surface area (Å²) in [6, 6.07) is 0. The lowest BCUT2D eigenvalue weighted by molar-refractivity contribution is 0.00402. The van der Waals surface area contributed by atoms with Crippen molar-refractivity contribution in [2.45, 2.75) is 44.6 Å². The van der Waals surface area contributed by atoms with Gasteiger partial charge >= 0.3 is 0 Å². The van der Waals surface area contributed by atoms with Crippen LogP contribution >= 0.6 is 0 Å². The van der Waals surface area contributed by atoms with Crippen LogP contribution in [0.1, 0.15) is 39.0 Å². The highest BCUT2D eigenvalue weighted by atomic mass is 16.5. The number of nitrogens with one attached hydrogen (secondary N) is 1. The molecule has 0 unspecified atom stereocenters. The monoisotopic (exact) mass is 226 g/mol. The normalized spacial score (nSPS) is 26.1. The van der Waals surface area contributed by atoms with E-state index in [4.69, 9.17) is 4.74 Å². The Morgan fingerprint density at radius 1 is 1.25 bits per heavy atom. The summed E-state index contributed by atoms with van der Waals surface area (Å²) in [4.78, 5) is 2.69. The zero-order valence-electron chi connectivity index (χ0n) is 10.6. The average Bonchev–Trinajstić information content (AvgIpc) is 2.33. The lowest BCUT2D eigenvalue weighted by Gasteiger charge is -2.50. The maximum atomic E-state index is 5.51. The number of piperazine rings is 1. The van der Waals surface area contributed by atoms with Crippen molar-refractivity contribution in [2.75, 3.05) is 39.4 Å². The number of ether oxygens (including phenoxy) is 1. The topological polar surface area (TPSA) is 24.5 Å². The molecule has 3 nitrogen and oxygen atoms in total. The highest BCUT2D eigenvalue weighted by Gasteiger charge is 2.39. The van der Waals surface area contributed by atoms with Crippen molar-refractivity contribution in [3.63, 3.8) is 0 Å². The quantitative estimate of drug-likeness (QED) is 0.737. The van der Waals surface area contributed by atoms with Crippen molar-refractivity contribution in [2.24, 2.45) is 0 Å². The molecule has 0 aromatic rings.